The third kappa shape index (κ3) is 7.44. The smallest absolute Gasteiger partial charge is 0.227 e. The van der Waals surface area contributed by atoms with E-state index < -0.39 is 18.3 Å². The van der Waals surface area contributed by atoms with Crippen molar-refractivity contribution >= 4 is 5.91 Å². The van der Waals surface area contributed by atoms with Gasteiger partial charge in [0.1, 0.15) is 6.17 Å². The lowest BCUT2D eigenvalue weighted by atomic mass is 9.74. The molecule has 4 aliphatic heterocycles. The zero-order valence-electron chi connectivity index (χ0n) is 24.0. The van der Waals surface area contributed by atoms with E-state index in [-0.39, 0.29) is 29.4 Å². The Labute approximate surface area is 229 Å². The Morgan fingerprint density at radius 2 is 1.92 bits per heavy atom. The van der Waals surface area contributed by atoms with Crippen LogP contribution in [0.25, 0.3) is 0 Å². The molecule has 0 aromatic heterocycles. The summed E-state index contributed by atoms with van der Waals surface area (Å²) >= 11 is 0. The lowest BCUT2D eigenvalue weighted by Gasteiger charge is -2.46. The minimum atomic E-state index is -0.902. The van der Waals surface area contributed by atoms with Gasteiger partial charge in [-0.25, -0.2) is 4.39 Å². The maximum absolute atomic E-state index is 14.8. The Balaban J connectivity index is 1.44. The number of amides is 1. The number of ether oxygens (including phenoxy) is 1. The fourth-order valence-electron chi connectivity index (χ4n) is 7.33. The number of nitrogens with two attached hydrogens (primary N) is 2. The second-order valence-electron chi connectivity index (χ2n) is 12.7. The van der Waals surface area contributed by atoms with Gasteiger partial charge in [-0.3, -0.25) is 19.5 Å². The Kier molecular flexibility index (Phi) is 10.8. The number of hydrogen-bond acceptors (Lipinski definition) is 8. The standard InChI is InChI=1S/C28H54FN7O2/c1-4-28(2)9-5-6-20(29)18-34(3)24(16-28)25(26(30)31)27(37)33-22-17-32-10-7-23(22)36-13-11-35(12-14-36)21-8-15-38-19-21/h20-26,32H,4-19,30-31H2,1-3H3,(H,33,37). The summed E-state index contributed by atoms with van der Waals surface area (Å²) in [5, 5.41) is 6.87. The molecule has 0 aliphatic carbocycles. The molecule has 0 saturated carbocycles. The molecular weight excluding hydrogens is 485 g/mol. The van der Waals surface area contributed by atoms with Gasteiger partial charge in [0.2, 0.25) is 5.91 Å². The minimum absolute atomic E-state index is 0.00742. The molecule has 10 heteroatoms. The van der Waals surface area contributed by atoms with Gasteiger partial charge >= 0.3 is 0 Å². The summed E-state index contributed by atoms with van der Waals surface area (Å²) in [7, 11) is 1.93. The number of piperazine rings is 1. The van der Waals surface area contributed by atoms with Crippen molar-refractivity contribution in [2.24, 2.45) is 22.8 Å². The molecule has 4 rings (SSSR count). The van der Waals surface area contributed by atoms with E-state index in [4.69, 9.17) is 16.2 Å². The van der Waals surface area contributed by atoms with Crippen LogP contribution in [0.3, 0.4) is 0 Å². The average Bonchev–Trinajstić information content (AvgIpc) is 3.44. The van der Waals surface area contributed by atoms with E-state index in [0.29, 0.717) is 19.0 Å². The van der Waals surface area contributed by atoms with E-state index in [2.05, 4.69) is 34.3 Å². The summed E-state index contributed by atoms with van der Waals surface area (Å²) in [4.78, 5) is 21.1. The molecule has 6 N–H and O–H groups in total. The molecule has 38 heavy (non-hydrogen) atoms. The van der Waals surface area contributed by atoms with Gasteiger partial charge in [0.05, 0.1) is 24.7 Å². The molecule has 0 aromatic carbocycles. The predicted molar refractivity (Wildman–Crippen MR) is 149 cm³/mol. The molecule has 9 nitrogen and oxygen atoms in total. The number of carbonyl (C=O) groups is 1. The maximum atomic E-state index is 14.8. The van der Waals surface area contributed by atoms with Gasteiger partial charge in [-0.2, -0.15) is 0 Å². The van der Waals surface area contributed by atoms with E-state index in [9.17, 15) is 9.18 Å². The van der Waals surface area contributed by atoms with Gasteiger partial charge in [0.15, 0.2) is 0 Å². The summed E-state index contributed by atoms with van der Waals surface area (Å²) in [6, 6.07) is 0.622. The number of nitrogens with one attached hydrogen (secondary N) is 2. The van der Waals surface area contributed by atoms with Gasteiger partial charge in [-0.1, -0.05) is 20.3 Å². The zero-order chi connectivity index (χ0) is 27.3. The molecule has 220 valence electrons. The largest absolute Gasteiger partial charge is 0.380 e. The highest BCUT2D eigenvalue weighted by Gasteiger charge is 2.42. The highest BCUT2D eigenvalue weighted by atomic mass is 19.1. The third-order valence-corrected chi connectivity index (χ3v) is 10.1. The van der Waals surface area contributed by atoms with Crippen LogP contribution in [0.2, 0.25) is 0 Å². The van der Waals surface area contributed by atoms with Gasteiger partial charge in [0.25, 0.3) is 0 Å². The minimum Gasteiger partial charge on any atom is -0.380 e. The molecule has 0 aromatic rings. The highest BCUT2D eigenvalue weighted by Crippen LogP contribution is 2.38. The van der Waals surface area contributed by atoms with Gasteiger partial charge in [-0.15, -0.1) is 0 Å². The van der Waals surface area contributed by atoms with Crippen molar-refractivity contribution in [3.63, 3.8) is 0 Å². The van der Waals surface area contributed by atoms with Gasteiger partial charge in [0, 0.05) is 64.0 Å². The van der Waals surface area contributed by atoms with Crippen molar-refractivity contribution in [1.82, 2.24) is 25.3 Å². The van der Waals surface area contributed by atoms with E-state index in [0.717, 1.165) is 91.0 Å². The highest BCUT2D eigenvalue weighted by molar-refractivity contribution is 5.80. The van der Waals surface area contributed by atoms with Crippen molar-refractivity contribution in [2.45, 2.75) is 95.3 Å². The first-order valence-corrected chi connectivity index (χ1v) is 15.1. The number of nitrogens with zero attached hydrogens (tertiary/aromatic N) is 3. The van der Waals surface area contributed by atoms with Crippen LogP contribution in [0.5, 0.6) is 0 Å². The number of alkyl halides is 1. The molecule has 4 heterocycles. The molecule has 0 radical (unpaired) electrons. The van der Waals surface area contributed by atoms with Crippen molar-refractivity contribution in [1.29, 1.82) is 0 Å². The maximum Gasteiger partial charge on any atom is 0.227 e. The van der Waals surface area contributed by atoms with Crippen LogP contribution >= 0.6 is 0 Å². The van der Waals surface area contributed by atoms with Crippen LogP contribution in [0.15, 0.2) is 0 Å². The Morgan fingerprint density at radius 1 is 1.18 bits per heavy atom. The van der Waals surface area contributed by atoms with Crippen molar-refractivity contribution in [3.05, 3.63) is 0 Å². The second kappa shape index (κ2) is 13.7. The number of carbonyl (C=O) groups excluding carboxylic acids is 1. The van der Waals surface area contributed by atoms with E-state index in [1.807, 2.05) is 11.9 Å². The van der Waals surface area contributed by atoms with Crippen LogP contribution in [0.1, 0.15) is 58.8 Å². The fourth-order valence-corrected chi connectivity index (χ4v) is 7.33. The molecule has 7 atom stereocenters. The summed E-state index contributed by atoms with van der Waals surface area (Å²) in [6.07, 6.45) is 4.57. The van der Waals surface area contributed by atoms with Crippen LogP contribution < -0.4 is 22.1 Å². The number of halogens is 1. The van der Waals surface area contributed by atoms with Crippen LogP contribution in [-0.4, -0.2) is 123 Å². The second-order valence-corrected chi connectivity index (χ2v) is 12.7. The first-order chi connectivity index (χ1) is 18.2. The topological polar surface area (TPSA) is 112 Å². The number of rotatable bonds is 7. The van der Waals surface area contributed by atoms with Crippen molar-refractivity contribution in [2.75, 3.05) is 66.1 Å². The third-order valence-electron chi connectivity index (χ3n) is 10.1. The first kappa shape index (κ1) is 30.1. The Bertz CT molecular complexity index is 747. The van der Waals surface area contributed by atoms with Crippen LogP contribution in [0, 0.1) is 11.3 Å². The molecule has 4 saturated heterocycles. The summed E-state index contributed by atoms with van der Waals surface area (Å²) in [5.74, 6) is -0.691. The first-order valence-electron chi connectivity index (χ1n) is 15.1. The van der Waals surface area contributed by atoms with Crippen molar-refractivity contribution in [3.8, 4) is 0 Å². The summed E-state index contributed by atoms with van der Waals surface area (Å²) in [6.45, 7) is 12.3. The summed E-state index contributed by atoms with van der Waals surface area (Å²) in [5.41, 5.74) is 12.7. The Morgan fingerprint density at radius 3 is 2.58 bits per heavy atom. The quantitative estimate of drug-likeness (QED) is 0.351. The lowest BCUT2D eigenvalue weighted by Crippen LogP contribution is -2.65. The van der Waals surface area contributed by atoms with Gasteiger partial charge < -0.3 is 26.8 Å². The van der Waals surface area contributed by atoms with Crippen LogP contribution in [-0.2, 0) is 9.53 Å². The zero-order valence-corrected chi connectivity index (χ0v) is 24.0. The molecular formula is C28H54FN7O2. The molecule has 1 amide bonds. The van der Waals surface area contributed by atoms with Crippen LogP contribution in [0.4, 0.5) is 4.39 Å². The SMILES string of the molecule is CCC1(C)CCCC(F)CN(C)C(C(C(=O)NC2CNCCC2N2CCN(C3CCOC3)CC2)C(N)N)C1. The van der Waals surface area contributed by atoms with E-state index >= 15 is 0 Å². The normalized spacial score (nSPS) is 37.9. The predicted octanol–water partition coefficient (Wildman–Crippen LogP) is 0.728. The van der Waals surface area contributed by atoms with Crippen molar-refractivity contribution < 1.29 is 13.9 Å². The molecule has 0 spiro atoms. The molecule has 0 bridgehead atoms. The number of piperidine rings is 1. The molecule has 7 unspecified atom stereocenters. The van der Waals surface area contributed by atoms with E-state index in [1.165, 1.54) is 0 Å². The summed E-state index contributed by atoms with van der Waals surface area (Å²) < 4.78 is 20.4. The molecule has 4 fully saturated rings. The Hall–Kier alpha value is -0.880. The number of hydrogen-bond donors (Lipinski definition) is 4. The van der Waals surface area contributed by atoms with Gasteiger partial charge in [-0.05, 0) is 57.5 Å². The molecule has 4 aliphatic rings. The monoisotopic (exact) mass is 539 g/mol. The fraction of sp³-hybridized carbons (Fsp3) is 0.964. The van der Waals surface area contributed by atoms with E-state index in [1.54, 1.807) is 0 Å². The average molecular weight is 540 g/mol. The lowest BCUT2D eigenvalue weighted by molar-refractivity contribution is -0.130.